The van der Waals surface area contributed by atoms with Crippen LogP contribution in [0.2, 0.25) is 0 Å². The van der Waals surface area contributed by atoms with Gasteiger partial charge in [0.25, 0.3) is 0 Å². The van der Waals surface area contributed by atoms with E-state index in [0.717, 1.165) is 0 Å². The van der Waals surface area contributed by atoms with E-state index in [-0.39, 0.29) is 17.4 Å². The molecule has 2 heterocycles. The number of ether oxygens (including phenoxy) is 1. The summed E-state index contributed by atoms with van der Waals surface area (Å²) in [5, 5.41) is 8.73. The summed E-state index contributed by atoms with van der Waals surface area (Å²) >= 11 is 0. The highest BCUT2D eigenvalue weighted by Gasteiger charge is 2.24. The highest BCUT2D eigenvalue weighted by atomic mass is 16.5. The molecule has 0 aromatic carbocycles. The first-order valence-corrected chi connectivity index (χ1v) is 5.22. The Bertz CT molecular complexity index is 404. The molecule has 0 amide bonds. The zero-order valence-electron chi connectivity index (χ0n) is 8.73. The lowest BCUT2D eigenvalue weighted by molar-refractivity contribution is 0.0545. The van der Waals surface area contributed by atoms with Crippen LogP contribution in [0.1, 0.15) is 33.7 Å². The minimum Gasteiger partial charge on any atom is -0.477 e. The van der Waals surface area contributed by atoms with Crippen molar-refractivity contribution < 1.29 is 19.4 Å². The standard InChI is InChI=1S/C11H13NO4/c13-10(7-1-3-16-4-2-7)8-5-9(11(14)15)12-6-8/h5-7,12H,1-4H2,(H,14,15). The maximum absolute atomic E-state index is 12.0. The van der Waals surface area contributed by atoms with E-state index in [0.29, 0.717) is 31.6 Å². The molecule has 0 aliphatic carbocycles. The molecule has 0 atom stereocenters. The van der Waals surface area contributed by atoms with Crippen molar-refractivity contribution in [3.63, 3.8) is 0 Å². The van der Waals surface area contributed by atoms with E-state index in [1.165, 1.54) is 12.3 Å². The number of carbonyl (C=O) groups is 2. The summed E-state index contributed by atoms with van der Waals surface area (Å²) in [6, 6.07) is 1.39. The number of rotatable bonds is 3. The molecule has 0 spiro atoms. The predicted octanol–water partition coefficient (Wildman–Crippen LogP) is 1.32. The molecule has 1 saturated heterocycles. The fourth-order valence-electron chi connectivity index (χ4n) is 1.86. The summed E-state index contributed by atoms with van der Waals surface area (Å²) in [5.74, 6) is -1.08. The summed E-state index contributed by atoms with van der Waals surface area (Å²) in [6.45, 7) is 1.21. The van der Waals surface area contributed by atoms with Gasteiger partial charge in [-0.2, -0.15) is 0 Å². The number of ketones is 1. The van der Waals surface area contributed by atoms with Gasteiger partial charge in [-0.3, -0.25) is 4.79 Å². The normalized spacial score (nSPS) is 17.2. The molecule has 2 N–H and O–H groups in total. The van der Waals surface area contributed by atoms with Crippen LogP contribution in [0.15, 0.2) is 12.3 Å². The van der Waals surface area contributed by atoms with Gasteiger partial charge in [0, 0.05) is 30.9 Å². The first-order valence-electron chi connectivity index (χ1n) is 5.22. The van der Waals surface area contributed by atoms with Crippen molar-refractivity contribution in [1.29, 1.82) is 0 Å². The lowest BCUT2D eigenvalue weighted by Gasteiger charge is -2.20. The number of carbonyl (C=O) groups excluding carboxylic acids is 1. The van der Waals surface area contributed by atoms with Crippen LogP contribution in [0.5, 0.6) is 0 Å². The summed E-state index contributed by atoms with van der Waals surface area (Å²) in [7, 11) is 0. The molecule has 5 heteroatoms. The second kappa shape index (κ2) is 4.49. The molecule has 1 aliphatic heterocycles. The SMILES string of the molecule is O=C(O)c1cc(C(=O)C2CCOCC2)c[nH]1. The molecule has 5 nitrogen and oxygen atoms in total. The van der Waals surface area contributed by atoms with E-state index >= 15 is 0 Å². The predicted molar refractivity (Wildman–Crippen MR) is 55.6 cm³/mol. The van der Waals surface area contributed by atoms with Crippen LogP contribution in [0, 0.1) is 5.92 Å². The Morgan fingerprint density at radius 1 is 1.38 bits per heavy atom. The third-order valence-corrected chi connectivity index (χ3v) is 2.79. The first kappa shape index (κ1) is 10.9. The lowest BCUT2D eigenvalue weighted by atomic mass is 9.92. The van der Waals surface area contributed by atoms with Gasteiger partial charge in [-0.1, -0.05) is 0 Å². The molecule has 1 aliphatic rings. The van der Waals surface area contributed by atoms with Crippen molar-refractivity contribution in [2.24, 2.45) is 5.92 Å². The summed E-state index contributed by atoms with van der Waals surface area (Å²) < 4.78 is 5.18. The van der Waals surface area contributed by atoms with Gasteiger partial charge in [0.15, 0.2) is 5.78 Å². The monoisotopic (exact) mass is 223 g/mol. The van der Waals surface area contributed by atoms with Gasteiger partial charge >= 0.3 is 5.97 Å². The largest absolute Gasteiger partial charge is 0.477 e. The van der Waals surface area contributed by atoms with Gasteiger partial charge in [0.05, 0.1) is 0 Å². The highest BCUT2D eigenvalue weighted by Crippen LogP contribution is 2.20. The number of nitrogens with one attached hydrogen (secondary N) is 1. The van der Waals surface area contributed by atoms with Crippen LogP contribution in [-0.2, 0) is 4.74 Å². The molecule has 0 radical (unpaired) electrons. The van der Waals surface area contributed by atoms with E-state index in [9.17, 15) is 9.59 Å². The van der Waals surface area contributed by atoms with Gasteiger partial charge in [-0.05, 0) is 18.9 Å². The zero-order valence-corrected chi connectivity index (χ0v) is 8.73. The minimum atomic E-state index is -1.05. The van der Waals surface area contributed by atoms with E-state index < -0.39 is 5.97 Å². The van der Waals surface area contributed by atoms with Crippen molar-refractivity contribution in [3.05, 3.63) is 23.5 Å². The maximum Gasteiger partial charge on any atom is 0.352 e. The topological polar surface area (TPSA) is 79.4 Å². The maximum atomic E-state index is 12.0. The third kappa shape index (κ3) is 2.14. The Morgan fingerprint density at radius 2 is 2.06 bits per heavy atom. The Morgan fingerprint density at radius 3 is 2.62 bits per heavy atom. The van der Waals surface area contributed by atoms with Crippen molar-refractivity contribution in [3.8, 4) is 0 Å². The number of carboxylic acid groups (broad SMARTS) is 1. The number of Topliss-reactive ketones (excluding diaryl/α,β-unsaturated/α-hetero) is 1. The van der Waals surface area contributed by atoms with Crippen LogP contribution in [0.3, 0.4) is 0 Å². The number of aromatic amines is 1. The van der Waals surface area contributed by atoms with Gasteiger partial charge in [-0.25, -0.2) is 4.79 Å². The fourth-order valence-corrected chi connectivity index (χ4v) is 1.86. The quantitative estimate of drug-likeness (QED) is 0.757. The third-order valence-electron chi connectivity index (χ3n) is 2.79. The van der Waals surface area contributed by atoms with E-state index in [1.54, 1.807) is 0 Å². The Balaban J connectivity index is 2.10. The van der Waals surface area contributed by atoms with E-state index in [2.05, 4.69) is 4.98 Å². The molecule has 1 fully saturated rings. The molecule has 1 aromatic heterocycles. The van der Waals surface area contributed by atoms with Gasteiger partial charge in [0.1, 0.15) is 5.69 Å². The summed E-state index contributed by atoms with van der Waals surface area (Å²) in [6.07, 6.45) is 2.89. The van der Waals surface area contributed by atoms with E-state index in [4.69, 9.17) is 9.84 Å². The molecule has 86 valence electrons. The molecular formula is C11H13NO4. The molecule has 0 unspecified atom stereocenters. The van der Waals surface area contributed by atoms with Crippen molar-refractivity contribution in [2.75, 3.05) is 13.2 Å². The van der Waals surface area contributed by atoms with Gasteiger partial charge in [0.2, 0.25) is 0 Å². The van der Waals surface area contributed by atoms with Crippen molar-refractivity contribution >= 4 is 11.8 Å². The second-order valence-electron chi connectivity index (χ2n) is 3.86. The number of aromatic nitrogens is 1. The molecule has 1 aromatic rings. The van der Waals surface area contributed by atoms with Crippen molar-refractivity contribution in [2.45, 2.75) is 12.8 Å². The minimum absolute atomic E-state index is 0.00653. The van der Waals surface area contributed by atoms with Gasteiger partial charge in [-0.15, -0.1) is 0 Å². The molecule has 0 bridgehead atoms. The average molecular weight is 223 g/mol. The number of carboxylic acids is 1. The van der Waals surface area contributed by atoms with Crippen LogP contribution in [0.25, 0.3) is 0 Å². The highest BCUT2D eigenvalue weighted by molar-refractivity contribution is 6.00. The average Bonchev–Trinajstić information content (AvgIpc) is 2.78. The molecule has 2 rings (SSSR count). The zero-order chi connectivity index (χ0) is 11.5. The van der Waals surface area contributed by atoms with Crippen LogP contribution in [0.4, 0.5) is 0 Å². The number of hydrogen-bond acceptors (Lipinski definition) is 3. The first-order chi connectivity index (χ1) is 7.68. The van der Waals surface area contributed by atoms with Crippen LogP contribution in [-0.4, -0.2) is 35.1 Å². The Hall–Kier alpha value is -1.62. The van der Waals surface area contributed by atoms with Crippen LogP contribution >= 0.6 is 0 Å². The second-order valence-corrected chi connectivity index (χ2v) is 3.86. The lowest BCUT2D eigenvalue weighted by Crippen LogP contribution is -2.23. The smallest absolute Gasteiger partial charge is 0.352 e. The number of hydrogen-bond donors (Lipinski definition) is 2. The molecular weight excluding hydrogens is 210 g/mol. The fraction of sp³-hybridized carbons (Fsp3) is 0.455. The van der Waals surface area contributed by atoms with E-state index in [1.807, 2.05) is 0 Å². The summed E-state index contributed by atoms with van der Waals surface area (Å²) in [5.41, 5.74) is 0.500. The van der Waals surface area contributed by atoms with Crippen molar-refractivity contribution in [1.82, 2.24) is 4.98 Å². The Labute approximate surface area is 92.4 Å². The number of aromatic carboxylic acids is 1. The molecule has 16 heavy (non-hydrogen) atoms. The Kier molecular flexibility index (Phi) is 3.05. The van der Waals surface area contributed by atoms with Crippen LogP contribution < -0.4 is 0 Å². The van der Waals surface area contributed by atoms with Gasteiger partial charge < -0.3 is 14.8 Å². The molecule has 0 saturated carbocycles. The summed E-state index contributed by atoms with van der Waals surface area (Å²) in [4.78, 5) is 25.2. The number of H-pyrrole nitrogens is 1.